The average Bonchev–Trinajstić information content (AvgIpc) is 2.42. The molecule has 1 rings (SSSR count). The van der Waals surface area contributed by atoms with Gasteiger partial charge in [0.15, 0.2) is 0 Å². The third kappa shape index (κ3) is 4.05. The van der Waals surface area contributed by atoms with Gasteiger partial charge in [0.2, 0.25) is 0 Å². The highest BCUT2D eigenvalue weighted by atomic mass is 32.2. The van der Waals surface area contributed by atoms with E-state index in [9.17, 15) is 23.1 Å². The Morgan fingerprint density at radius 1 is 1.09 bits per heavy atom. The van der Waals surface area contributed by atoms with E-state index >= 15 is 0 Å². The number of rotatable bonds is 7. The molecule has 0 fully saturated rings. The molecule has 1 aromatic carbocycles. The Hall–Kier alpha value is -1.93. The normalized spacial score (nSPS) is 15.8. The van der Waals surface area contributed by atoms with Crippen molar-refractivity contribution in [2.24, 2.45) is 11.8 Å². The molecule has 0 heterocycles. The van der Waals surface area contributed by atoms with E-state index in [0.717, 1.165) is 12.1 Å². The fourth-order valence-electron chi connectivity index (χ4n) is 2.47. The molecule has 3 unspecified atom stereocenters. The van der Waals surface area contributed by atoms with Crippen molar-refractivity contribution in [1.82, 2.24) is 0 Å². The topological polar surface area (TPSA) is 129 Å². The van der Waals surface area contributed by atoms with Gasteiger partial charge in [-0.05, 0) is 30.0 Å². The molecule has 0 aromatic heterocycles. The van der Waals surface area contributed by atoms with Gasteiger partial charge in [-0.2, -0.15) is 8.42 Å². The van der Waals surface area contributed by atoms with Crippen LogP contribution in [0.4, 0.5) is 0 Å². The number of carbonyl (C=O) groups is 2. The monoisotopic (exact) mass is 330 g/mol. The zero-order valence-corrected chi connectivity index (χ0v) is 12.9. The number of hydrogen-bond acceptors (Lipinski definition) is 4. The van der Waals surface area contributed by atoms with Gasteiger partial charge in [0.05, 0.1) is 16.7 Å². The van der Waals surface area contributed by atoms with E-state index < -0.39 is 39.8 Å². The molecule has 1 aromatic rings. The summed E-state index contributed by atoms with van der Waals surface area (Å²) in [6.07, 6.45) is 0.375. The molecule has 0 aliphatic heterocycles. The van der Waals surface area contributed by atoms with Crippen molar-refractivity contribution in [2.45, 2.75) is 31.1 Å². The first-order chi connectivity index (χ1) is 10.1. The van der Waals surface area contributed by atoms with Gasteiger partial charge in [-0.25, -0.2) is 0 Å². The van der Waals surface area contributed by atoms with Gasteiger partial charge in [0.25, 0.3) is 10.1 Å². The summed E-state index contributed by atoms with van der Waals surface area (Å²) in [6.45, 7) is 3.06. The molecular formula is C14H18O7S. The number of carboxylic acid groups (broad SMARTS) is 2. The minimum absolute atomic E-state index is 0.302. The maximum absolute atomic E-state index is 11.4. The lowest BCUT2D eigenvalue weighted by atomic mass is 9.77. The summed E-state index contributed by atoms with van der Waals surface area (Å²) in [4.78, 5) is 22.3. The summed E-state index contributed by atoms with van der Waals surface area (Å²) >= 11 is 0. The Balaban J connectivity index is 3.23. The molecular weight excluding hydrogens is 312 g/mol. The van der Waals surface area contributed by atoms with Crippen LogP contribution in [0.15, 0.2) is 29.2 Å². The van der Waals surface area contributed by atoms with Gasteiger partial charge in [-0.1, -0.05) is 26.0 Å². The molecule has 22 heavy (non-hydrogen) atoms. The van der Waals surface area contributed by atoms with Gasteiger partial charge in [0.1, 0.15) is 0 Å². The fourth-order valence-corrected chi connectivity index (χ4v) is 2.95. The van der Waals surface area contributed by atoms with E-state index in [1.807, 2.05) is 0 Å². The predicted octanol–water partition coefficient (Wildman–Crippen LogP) is 1.85. The summed E-state index contributed by atoms with van der Waals surface area (Å²) in [5, 5.41) is 18.4. The van der Waals surface area contributed by atoms with Crippen LogP contribution in [0.25, 0.3) is 0 Å². The van der Waals surface area contributed by atoms with Gasteiger partial charge in [-0.15, -0.1) is 0 Å². The van der Waals surface area contributed by atoms with Crippen molar-refractivity contribution in [1.29, 1.82) is 0 Å². The Morgan fingerprint density at radius 3 is 1.91 bits per heavy atom. The second kappa shape index (κ2) is 6.89. The van der Waals surface area contributed by atoms with Gasteiger partial charge in [0, 0.05) is 0 Å². The predicted molar refractivity (Wildman–Crippen MR) is 77.2 cm³/mol. The van der Waals surface area contributed by atoms with Crippen molar-refractivity contribution < 1.29 is 32.8 Å². The van der Waals surface area contributed by atoms with Crippen LogP contribution in [-0.4, -0.2) is 35.1 Å². The molecule has 0 amide bonds. The van der Waals surface area contributed by atoms with E-state index in [-0.39, 0.29) is 4.90 Å². The van der Waals surface area contributed by atoms with Crippen LogP contribution >= 0.6 is 0 Å². The van der Waals surface area contributed by atoms with Crippen LogP contribution in [0.3, 0.4) is 0 Å². The number of benzene rings is 1. The molecule has 3 N–H and O–H groups in total. The summed E-state index contributed by atoms with van der Waals surface area (Å²) in [7, 11) is -4.33. The van der Waals surface area contributed by atoms with E-state index in [1.54, 1.807) is 6.92 Å². The van der Waals surface area contributed by atoms with Crippen LogP contribution in [0.2, 0.25) is 0 Å². The lowest BCUT2D eigenvalue weighted by Crippen LogP contribution is -2.32. The highest BCUT2D eigenvalue weighted by Gasteiger charge is 2.36. The van der Waals surface area contributed by atoms with Gasteiger partial charge < -0.3 is 10.2 Å². The van der Waals surface area contributed by atoms with E-state index in [1.165, 1.54) is 19.1 Å². The highest BCUT2D eigenvalue weighted by Crippen LogP contribution is 2.34. The van der Waals surface area contributed by atoms with E-state index in [4.69, 9.17) is 9.66 Å². The van der Waals surface area contributed by atoms with Crippen molar-refractivity contribution in [3.63, 3.8) is 0 Å². The van der Waals surface area contributed by atoms with Crippen molar-refractivity contribution in [3.05, 3.63) is 29.8 Å². The van der Waals surface area contributed by atoms with E-state index in [2.05, 4.69) is 0 Å². The Labute approximate surface area is 128 Å². The van der Waals surface area contributed by atoms with Crippen molar-refractivity contribution in [2.75, 3.05) is 0 Å². The molecule has 0 spiro atoms. The molecule has 8 heteroatoms. The zero-order chi connectivity index (χ0) is 17.1. The molecule has 3 atom stereocenters. The molecule has 0 aliphatic carbocycles. The van der Waals surface area contributed by atoms with Crippen LogP contribution in [0.1, 0.15) is 31.7 Å². The lowest BCUT2D eigenvalue weighted by molar-refractivity contribution is -0.154. The first kappa shape index (κ1) is 18.1. The maximum atomic E-state index is 11.4. The summed E-state index contributed by atoms with van der Waals surface area (Å²) < 4.78 is 30.9. The average molecular weight is 330 g/mol. The largest absolute Gasteiger partial charge is 0.481 e. The third-order valence-corrected chi connectivity index (χ3v) is 4.56. The first-order valence-electron chi connectivity index (χ1n) is 6.62. The second-order valence-electron chi connectivity index (χ2n) is 5.05. The molecule has 0 radical (unpaired) electrons. The van der Waals surface area contributed by atoms with Gasteiger partial charge in [-0.3, -0.25) is 14.1 Å². The standard InChI is InChI=1S/C14H18O7S/c1-3-11(12(14(17)18)8(2)13(15)16)9-4-6-10(7-5-9)22(19,20)21/h4-8,11-12H,3H2,1-2H3,(H,15,16)(H,17,18)(H,19,20,21). The molecule has 0 bridgehead atoms. The molecule has 0 saturated carbocycles. The minimum Gasteiger partial charge on any atom is -0.481 e. The smallest absolute Gasteiger partial charge is 0.307 e. The van der Waals surface area contributed by atoms with Crippen molar-refractivity contribution >= 4 is 22.1 Å². The SMILES string of the molecule is CCC(c1ccc(S(=O)(=O)O)cc1)C(C(=O)O)C(C)C(=O)O. The van der Waals surface area contributed by atoms with Gasteiger partial charge >= 0.3 is 11.9 Å². The van der Waals surface area contributed by atoms with E-state index in [0.29, 0.717) is 12.0 Å². The van der Waals surface area contributed by atoms with Crippen LogP contribution in [0.5, 0.6) is 0 Å². The Morgan fingerprint density at radius 2 is 1.59 bits per heavy atom. The van der Waals surface area contributed by atoms with Crippen LogP contribution < -0.4 is 0 Å². The summed E-state index contributed by atoms with van der Waals surface area (Å²) in [5.74, 6) is -5.25. The molecule has 7 nitrogen and oxygen atoms in total. The number of carboxylic acids is 2. The third-order valence-electron chi connectivity index (χ3n) is 3.69. The quantitative estimate of drug-likeness (QED) is 0.650. The second-order valence-corrected chi connectivity index (χ2v) is 6.47. The fraction of sp³-hybridized carbons (Fsp3) is 0.429. The minimum atomic E-state index is -4.33. The molecule has 0 saturated heterocycles. The number of aliphatic carboxylic acids is 2. The van der Waals surface area contributed by atoms with Crippen LogP contribution in [-0.2, 0) is 19.7 Å². The summed E-state index contributed by atoms with van der Waals surface area (Å²) in [6, 6.07) is 5.11. The maximum Gasteiger partial charge on any atom is 0.307 e. The van der Waals surface area contributed by atoms with Crippen LogP contribution in [0, 0.1) is 11.8 Å². The zero-order valence-electron chi connectivity index (χ0n) is 12.1. The first-order valence-corrected chi connectivity index (χ1v) is 8.06. The Bertz CT molecular complexity index is 648. The highest BCUT2D eigenvalue weighted by molar-refractivity contribution is 7.85. The molecule has 122 valence electrons. The summed E-state index contributed by atoms with van der Waals surface area (Å²) in [5.41, 5.74) is 0.510. The Kier molecular flexibility index (Phi) is 5.67. The molecule has 0 aliphatic rings. The van der Waals surface area contributed by atoms with Crippen molar-refractivity contribution in [3.8, 4) is 0 Å². The number of hydrogen-bond donors (Lipinski definition) is 3. The lowest BCUT2D eigenvalue weighted by Gasteiger charge is -2.26.